The van der Waals surface area contributed by atoms with E-state index < -0.39 is 10.0 Å². The third kappa shape index (κ3) is 3.60. The second kappa shape index (κ2) is 6.72. The van der Waals surface area contributed by atoms with Gasteiger partial charge in [0, 0.05) is 12.1 Å². The van der Waals surface area contributed by atoms with Gasteiger partial charge in [-0.2, -0.15) is 8.42 Å². The van der Waals surface area contributed by atoms with Crippen LogP contribution in [0.5, 0.6) is 0 Å². The van der Waals surface area contributed by atoms with E-state index in [0.29, 0.717) is 30.2 Å². The molecule has 0 amide bonds. The monoisotopic (exact) mass is 361 g/mol. The molecule has 0 bridgehead atoms. The molecule has 2 saturated carbocycles. The van der Waals surface area contributed by atoms with Gasteiger partial charge in [0.1, 0.15) is 10.7 Å². The minimum absolute atomic E-state index is 0.278. The van der Waals surface area contributed by atoms with E-state index in [1.54, 1.807) is 12.1 Å². The SMILES string of the molecule is CCC1CCC(N(CC2=NS(=O)(=O)c3ccccc3N2)C2CC2)CC1. The van der Waals surface area contributed by atoms with Gasteiger partial charge in [0.15, 0.2) is 0 Å². The number of para-hydroxylation sites is 1. The lowest BCUT2D eigenvalue weighted by Gasteiger charge is -2.37. The zero-order valence-corrected chi connectivity index (χ0v) is 15.6. The van der Waals surface area contributed by atoms with Crippen LogP contribution in [0.4, 0.5) is 5.69 Å². The van der Waals surface area contributed by atoms with Crippen molar-refractivity contribution in [3.63, 3.8) is 0 Å². The van der Waals surface area contributed by atoms with Gasteiger partial charge in [0.05, 0.1) is 12.2 Å². The van der Waals surface area contributed by atoms with Crippen molar-refractivity contribution in [2.45, 2.75) is 68.8 Å². The van der Waals surface area contributed by atoms with Crippen LogP contribution in [0.15, 0.2) is 33.6 Å². The highest BCUT2D eigenvalue weighted by atomic mass is 32.2. The van der Waals surface area contributed by atoms with Gasteiger partial charge in [-0.25, -0.2) is 0 Å². The molecule has 1 aromatic carbocycles. The molecule has 0 saturated heterocycles. The quantitative estimate of drug-likeness (QED) is 0.870. The first-order chi connectivity index (χ1) is 12.1. The summed E-state index contributed by atoms with van der Waals surface area (Å²) in [4.78, 5) is 2.79. The Morgan fingerprint density at radius 2 is 1.72 bits per heavy atom. The molecule has 5 nitrogen and oxygen atoms in total. The first-order valence-corrected chi connectivity index (χ1v) is 11.0. The largest absolute Gasteiger partial charge is 0.341 e. The van der Waals surface area contributed by atoms with Crippen molar-refractivity contribution in [1.29, 1.82) is 0 Å². The second-order valence-corrected chi connectivity index (χ2v) is 9.19. The minimum Gasteiger partial charge on any atom is -0.341 e. The zero-order valence-electron chi connectivity index (χ0n) is 14.8. The van der Waals surface area contributed by atoms with Gasteiger partial charge >= 0.3 is 0 Å². The average molecular weight is 362 g/mol. The molecule has 25 heavy (non-hydrogen) atoms. The lowest BCUT2D eigenvalue weighted by atomic mass is 9.84. The summed E-state index contributed by atoms with van der Waals surface area (Å²) in [5, 5.41) is 3.25. The number of benzene rings is 1. The molecule has 136 valence electrons. The van der Waals surface area contributed by atoms with Crippen molar-refractivity contribution in [3.8, 4) is 0 Å². The summed E-state index contributed by atoms with van der Waals surface area (Å²) in [6, 6.07) is 8.20. The Labute approximate surface area is 150 Å². The number of sulfonamides is 1. The topological polar surface area (TPSA) is 61.8 Å². The molecule has 1 heterocycles. The van der Waals surface area contributed by atoms with Crippen LogP contribution >= 0.6 is 0 Å². The number of hydrogen-bond acceptors (Lipinski definition) is 4. The van der Waals surface area contributed by atoms with E-state index in [0.717, 1.165) is 5.92 Å². The number of anilines is 1. The van der Waals surface area contributed by atoms with Crippen LogP contribution in [0.25, 0.3) is 0 Å². The van der Waals surface area contributed by atoms with Gasteiger partial charge in [-0.3, -0.25) is 4.90 Å². The van der Waals surface area contributed by atoms with Gasteiger partial charge in [-0.15, -0.1) is 4.40 Å². The van der Waals surface area contributed by atoms with Crippen LogP contribution in [0, 0.1) is 5.92 Å². The van der Waals surface area contributed by atoms with Crippen molar-refractivity contribution < 1.29 is 8.42 Å². The van der Waals surface area contributed by atoms with E-state index in [1.807, 2.05) is 12.1 Å². The second-order valence-electron chi connectivity index (χ2n) is 7.62. The summed E-state index contributed by atoms with van der Waals surface area (Å²) in [6.07, 6.45) is 8.78. The zero-order chi connectivity index (χ0) is 17.4. The maximum absolute atomic E-state index is 12.5. The van der Waals surface area contributed by atoms with Crippen LogP contribution < -0.4 is 5.32 Å². The summed E-state index contributed by atoms with van der Waals surface area (Å²) in [5.41, 5.74) is 0.651. The summed E-state index contributed by atoms with van der Waals surface area (Å²) in [6.45, 7) is 2.90. The third-order valence-electron chi connectivity index (χ3n) is 5.89. The van der Waals surface area contributed by atoms with Crippen LogP contribution in [-0.4, -0.2) is 37.8 Å². The van der Waals surface area contributed by atoms with Crippen molar-refractivity contribution in [1.82, 2.24) is 4.90 Å². The van der Waals surface area contributed by atoms with Crippen molar-refractivity contribution >= 4 is 21.5 Å². The highest BCUT2D eigenvalue weighted by Gasteiger charge is 2.37. The Kier molecular flexibility index (Phi) is 4.58. The van der Waals surface area contributed by atoms with E-state index in [1.165, 1.54) is 44.9 Å². The maximum Gasteiger partial charge on any atom is 0.286 e. The minimum atomic E-state index is -3.59. The molecule has 1 aromatic rings. The fourth-order valence-electron chi connectivity index (χ4n) is 4.26. The summed E-state index contributed by atoms with van der Waals surface area (Å²) in [5.74, 6) is 1.44. The van der Waals surface area contributed by atoms with Crippen LogP contribution in [0.1, 0.15) is 51.9 Å². The summed E-state index contributed by atoms with van der Waals surface area (Å²) >= 11 is 0. The van der Waals surface area contributed by atoms with E-state index in [9.17, 15) is 8.42 Å². The maximum atomic E-state index is 12.5. The molecule has 2 aliphatic carbocycles. The number of fused-ring (bicyclic) bond motifs is 1. The van der Waals surface area contributed by atoms with E-state index in [2.05, 4.69) is 21.5 Å². The van der Waals surface area contributed by atoms with E-state index in [4.69, 9.17) is 0 Å². The molecule has 1 N–H and O–H groups in total. The number of nitrogens with zero attached hydrogens (tertiary/aromatic N) is 2. The third-order valence-corrected chi connectivity index (χ3v) is 7.26. The van der Waals surface area contributed by atoms with E-state index in [-0.39, 0.29) is 4.90 Å². The molecule has 0 radical (unpaired) electrons. The summed E-state index contributed by atoms with van der Waals surface area (Å²) in [7, 11) is -3.59. The van der Waals surface area contributed by atoms with Crippen LogP contribution in [0.2, 0.25) is 0 Å². The van der Waals surface area contributed by atoms with E-state index >= 15 is 0 Å². The Balaban J connectivity index is 1.51. The van der Waals surface area contributed by atoms with Crippen molar-refractivity contribution in [2.75, 3.05) is 11.9 Å². The molecular formula is C19H27N3O2S. The first-order valence-electron chi connectivity index (χ1n) is 9.52. The average Bonchev–Trinajstić information content (AvgIpc) is 3.44. The Morgan fingerprint density at radius 3 is 2.36 bits per heavy atom. The molecule has 0 aromatic heterocycles. The smallest absolute Gasteiger partial charge is 0.286 e. The van der Waals surface area contributed by atoms with Gasteiger partial charge in [0.2, 0.25) is 0 Å². The standard InChI is InChI=1S/C19H27N3O2S/c1-2-14-7-9-15(10-8-14)22(16-11-12-16)13-19-20-17-5-3-4-6-18(17)25(23,24)21-19/h3-6,14-16H,2,7-13H2,1H3,(H,20,21). The molecule has 2 fully saturated rings. The summed E-state index contributed by atoms with van der Waals surface area (Å²) < 4.78 is 29.0. The Hall–Kier alpha value is -1.40. The lowest BCUT2D eigenvalue weighted by Crippen LogP contribution is -2.44. The first kappa shape index (κ1) is 17.0. The number of nitrogens with one attached hydrogen (secondary N) is 1. The van der Waals surface area contributed by atoms with Gasteiger partial charge in [0.25, 0.3) is 10.0 Å². The van der Waals surface area contributed by atoms with Crippen LogP contribution in [0.3, 0.4) is 0 Å². The Morgan fingerprint density at radius 1 is 1.08 bits per heavy atom. The molecular weight excluding hydrogens is 334 g/mol. The Bertz CT molecular complexity index is 763. The van der Waals surface area contributed by atoms with Crippen molar-refractivity contribution in [2.24, 2.45) is 10.3 Å². The number of rotatable bonds is 5. The highest BCUT2D eigenvalue weighted by molar-refractivity contribution is 7.90. The van der Waals surface area contributed by atoms with Crippen molar-refractivity contribution in [3.05, 3.63) is 24.3 Å². The predicted octanol–water partition coefficient (Wildman–Crippen LogP) is 3.63. The fourth-order valence-corrected chi connectivity index (χ4v) is 5.40. The number of hydrogen-bond donors (Lipinski definition) is 1. The van der Waals surface area contributed by atoms with Gasteiger partial charge < -0.3 is 5.32 Å². The lowest BCUT2D eigenvalue weighted by molar-refractivity contribution is 0.145. The molecule has 0 spiro atoms. The number of amidine groups is 1. The highest BCUT2D eigenvalue weighted by Crippen LogP contribution is 2.36. The molecule has 0 atom stereocenters. The molecule has 3 aliphatic rings. The molecule has 6 heteroatoms. The molecule has 0 unspecified atom stereocenters. The molecule has 4 rings (SSSR count). The normalized spacial score (nSPS) is 28.2. The van der Waals surface area contributed by atoms with Crippen LogP contribution in [-0.2, 0) is 10.0 Å². The molecule has 1 aliphatic heterocycles. The predicted molar refractivity (Wildman–Crippen MR) is 100 cm³/mol. The van der Waals surface area contributed by atoms with Gasteiger partial charge in [-0.05, 0) is 56.6 Å². The fraction of sp³-hybridized carbons (Fsp3) is 0.632. The van der Waals surface area contributed by atoms with Gasteiger partial charge in [-0.1, -0.05) is 25.5 Å².